The summed E-state index contributed by atoms with van der Waals surface area (Å²) >= 11 is 0. The van der Waals surface area contributed by atoms with Crippen LogP contribution in [0.5, 0.6) is 11.5 Å². The third-order valence-corrected chi connectivity index (χ3v) is 4.59. The number of nitrogens with zero attached hydrogens (tertiary/aromatic N) is 1. The Morgan fingerprint density at radius 2 is 1.64 bits per heavy atom. The lowest BCUT2D eigenvalue weighted by molar-refractivity contribution is -0.147. The van der Waals surface area contributed by atoms with Crippen molar-refractivity contribution in [2.45, 2.75) is 6.42 Å². The van der Waals surface area contributed by atoms with E-state index >= 15 is 0 Å². The average Bonchev–Trinajstić information content (AvgIpc) is 3.13. The highest BCUT2D eigenvalue weighted by atomic mass is 16.5. The Morgan fingerprint density at radius 3 is 2.36 bits per heavy atom. The van der Waals surface area contributed by atoms with Gasteiger partial charge in [-0.25, -0.2) is 0 Å². The quantitative estimate of drug-likeness (QED) is 0.540. The van der Waals surface area contributed by atoms with Crippen molar-refractivity contribution in [3.05, 3.63) is 54.1 Å². The number of methoxy groups -OCH3 is 2. The number of amides is 1. The summed E-state index contributed by atoms with van der Waals surface area (Å²) in [5.74, 6) is -0.797. The second kappa shape index (κ2) is 8.56. The molecule has 2 aromatic carbocycles. The van der Waals surface area contributed by atoms with Gasteiger partial charge in [0.1, 0.15) is 11.5 Å². The van der Waals surface area contributed by atoms with Gasteiger partial charge in [-0.3, -0.25) is 14.4 Å². The molecule has 0 bridgehead atoms. The van der Waals surface area contributed by atoms with Crippen LogP contribution in [0.2, 0.25) is 0 Å². The first-order valence-corrected chi connectivity index (χ1v) is 8.81. The van der Waals surface area contributed by atoms with Crippen LogP contribution in [0.15, 0.2) is 48.5 Å². The Kier molecular flexibility index (Phi) is 5.93. The van der Waals surface area contributed by atoms with Crippen LogP contribution in [0.1, 0.15) is 16.8 Å². The average molecular weight is 383 g/mol. The molecule has 0 aliphatic carbocycles. The topological polar surface area (TPSA) is 82.1 Å². The first kappa shape index (κ1) is 19.4. The summed E-state index contributed by atoms with van der Waals surface area (Å²) in [6.45, 7) is -0.223. The van der Waals surface area contributed by atoms with Gasteiger partial charge in [-0.05, 0) is 24.3 Å². The Balaban J connectivity index is 1.63. The molecule has 1 amide bonds. The predicted molar refractivity (Wildman–Crippen MR) is 102 cm³/mol. The summed E-state index contributed by atoms with van der Waals surface area (Å²) in [7, 11) is 2.99. The Bertz CT molecular complexity index is 894. The monoisotopic (exact) mass is 383 g/mol. The lowest BCUT2D eigenvalue weighted by Gasteiger charge is -2.19. The number of anilines is 1. The molecule has 2 aromatic rings. The van der Waals surface area contributed by atoms with Gasteiger partial charge in [-0.2, -0.15) is 0 Å². The van der Waals surface area contributed by atoms with Gasteiger partial charge >= 0.3 is 5.97 Å². The van der Waals surface area contributed by atoms with Gasteiger partial charge in [0.2, 0.25) is 11.7 Å². The number of carbonyl (C=O) groups excluding carboxylic acids is 3. The number of hydrogen-bond donors (Lipinski definition) is 0. The highest BCUT2D eigenvalue weighted by Crippen LogP contribution is 2.33. The zero-order chi connectivity index (χ0) is 20.1. The summed E-state index contributed by atoms with van der Waals surface area (Å²) in [5.41, 5.74) is 0.950. The Hall–Kier alpha value is -3.35. The molecule has 0 unspecified atom stereocenters. The van der Waals surface area contributed by atoms with Crippen LogP contribution >= 0.6 is 0 Å². The van der Waals surface area contributed by atoms with Crippen molar-refractivity contribution in [1.82, 2.24) is 0 Å². The Labute approximate surface area is 162 Å². The van der Waals surface area contributed by atoms with Crippen LogP contribution in [0.4, 0.5) is 5.69 Å². The van der Waals surface area contributed by atoms with Crippen molar-refractivity contribution < 1.29 is 28.6 Å². The molecule has 0 N–H and O–H groups in total. The van der Waals surface area contributed by atoms with Gasteiger partial charge in [0.15, 0.2) is 6.61 Å². The number of benzene rings is 2. The minimum Gasteiger partial charge on any atom is -0.496 e. The Morgan fingerprint density at radius 1 is 1.00 bits per heavy atom. The smallest absolute Gasteiger partial charge is 0.311 e. The van der Waals surface area contributed by atoms with Gasteiger partial charge in [0, 0.05) is 13.0 Å². The van der Waals surface area contributed by atoms with Crippen molar-refractivity contribution in [3.63, 3.8) is 0 Å². The first-order valence-electron chi connectivity index (χ1n) is 8.81. The first-order chi connectivity index (χ1) is 13.5. The number of carbonyl (C=O) groups is 3. The fourth-order valence-electron chi connectivity index (χ4n) is 3.16. The van der Waals surface area contributed by atoms with E-state index in [0.29, 0.717) is 22.7 Å². The van der Waals surface area contributed by atoms with E-state index in [1.807, 2.05) is 0 Å². The van der Waals surface area contributed by atoms with Gasteiger partial charge in [-0.15, -0.1) is 0 Å². The molecule has 146 valence electrons. The van der Waals surface area contributed by atoms with Crippen LogP contribution in [0.3, 0.4) is 0 Å². The van der Waals surface area contributed by atoms with Crippen LogP contribution in [0, 0.1) is 5.92 Å². The summed E-state index contributed by atoms with van der Waals surface area (Å²) < 4.78 is 15.6. The third kappa shape index (κ3) is 3.98. The van der Waals surface area contributed by atoms with Crippen molar-refractivity contribution in [2.75, 3.05) is 32.3 Å². The molecule has 1 heterocycles. The van der Waals surface area contributed by atoms with E-state index in [1.54, 1.807) is 48.5 Å². The fraction of sp³-hybridized carbons (Fsp3) is 0.286. The summed E-state index contributed by atoms with van der Waals surface area (Å²) in [6, 6.07) is 13.8. The van der Waals surface area contributed by atoms with E-state index in [2.05, 4.69) is 0 Å². The lowest BCUT2D eigenvalue weighted by atomic mass is 10.1. The number of ether oxygens (including phenoxy) is 3. The zero-order valence-electron chi connectivity index (χ0n) is 15.7. The van der Waals surface area contributed by atoms with Gasteiger partial charge < -0.3 is 19.1 Å². The molecule has 0 saturated carbocycles. The van der Waals surface area contributed by atoms with Crippen molar-refractivity contribution >= 4 is 23.3 Å². The standard InChI is InChI=1S/C21H21NO6/c1-26-18-9-5-3-7-15(18)17(23)13-28-21(25)14-11-20(24)22(12-14)16-8-4-6-10-19(16)27-2/h3-10,14H,11-13H2,1-2H3/t14-/m0/s1. The minimum atomic E-state index is -0.636. The molecule has 3 rings (SSSR count). The SMILES string of the molecule is COc1ccccc1C(=O)COC(=O)[C@H]1CC(=O)N(c2ccccc2OC)C1. The molecule has 1 aliphatic heterocycles. The van der Waals surface area contributed by atoms with Crippen LogP contribution in [0.25, 0.3) is 0 Å². The molecule has 0 aromatic heterocycles. The van der Waals surface area contributed by atoms with E-state index in [1.165, 1.54) is 19.1 Å². The zero-order valence-corrected chi connectivity index (χ0v) is 15.7. The van der Waals surface area contributed by atoms with Gasteiger partial charge in [0.05, 0.1) is 31.4 Å². The molecule has 1 fully saturated rings. The molecule has 1 saturated heterocycles. The van der Waals surface area contributed by atoms with Crippen molar-refractivity contribution in [2.24, 2.45) is 5.92 Å². The molecule has 7 heteroatoms. The van der Waals surface area contributed by atoms with E-state index in [-0.39, 0.29) is 24.7 Å². The van der Waals surface area contributed by atoms with E-state index in [4.69, 9.17) is 14.2 Å². The van der Waals surface area contributed by atoms with E-state index in [9.17, 15) is 14.4 Å². The highest BCUT2D eigenvalue weighted by molar-refractivity contribution is 6.02. The van der Waals surface area contributed by atoms with E-state index < -0.39 is 18.5 Å². The maximum absolute atomic E-state index is 12.4. The molecule has 1 atom stereocenters. The molecular weight excluding hydrogens is 362 g/mol. The summed E-state index contributed by atoms with van der Waals surface area (Å²) in [4.78, 5) is 38.6. The second-order valence-electron chi connectivity index (χ2n) is 6.31. The van der Waals surface area contributed by atoms with Crippen LogP contribution < -0.4 is 14.4 Å². The van der Waals surface area contributed by atoms with Crippen molar-refractivity contribution in [1.29, 1.82) is 0 Å². The lowest BCUT2D eigenvalue weighted by Crippen LogP contribution is -2.27. The molecular formula is C21H21NO6. The van der Waals surface area contributed by atoms with E-state index in [0.717, 1.165) is 0 Å². The second-order valence-corrected chi connectivity index (χ2v) is 6.31. The van der Waals surface area contributed by atoms with Crippen LogP contribution in [-0.4, -0.2) is 45.0 Å². The number of hydrogen-bond acceptors (Lipinski definition) is 6. The van der Waals surface area contributed by atoms with Gasteiger partial charge in [-0.1, -0.05) is 24.3 Å². The summed E-state index contributed by atoms with van der Waals surface area (Å²) in [6.07, 6.45) is 0.0275. The molecule has 1 aliphatic rings. The molecule has 28 heavy (non-hydrogen) atoms. The maximum Gasteiger partial charge on any atom is 0.311 e. The largest absolute Gasteiger partial charge is 0.496 e. The molecule has 0 radical (unpaired) electrons. The highest BCUT2D eigenvalue weighted by Gasteiger charge is 2.37. The number of rotatable bonds is 7. The number of ketones is 1. The fourth-order valence-corrected chi connectivity index (χ4v) is 3.16. The number of Topliss-reactive ketones (excluding diaryl/α,β-unsaturated/α-hetero) is 1. The molecule has 0 spiro atoms. The third-order valence-electron chi connectivity index (χ3n) is 4.59. The molecule has 7 nitrogen and oxygen atoms in total. The predicted octanol–water partition coefficient (Wildman–Crippen LogP) is 2.48. The maximum atomic E-state index is 12.4. The normalized spacial score (nSPS) is 16.0. The van der Waals surface area contributed by atoms with Crippen molar-refractivity contribution in [3.8, 4) is 11.5 Å². The van der Waals surface area contributed by atoms with Crippen LogP contribution in [-0.2, 0) is 14.3 Å². The number of esters is 1. The van der Waals surface area contributed by atoms with Gasteiger partial charge in [0.25, 0.3) is 0 Å². The summed E-state index contributed by atoms with van der Waals surface area (Å²) in [5, 5.41) is 0. The minimum absolute atomic E-state index is 0.0275. The number of para-hydroxylation sites is 3.